The van der Waals surface area contributed by atoms with Gasteiger partial charge in [0.25, 0.3) is 0 Å². The Labute approximate surface area is 491 Å². The minimum absolute atomic E-state index is 0.569. The van der Waals surface area contributed by atoms with E-state index in [1.165, 1.54) is 200 Å². The van der Waals surface area contributed by atoms with Crippen molar-refractivity contribution in [3.05, 3.63) is 177 Å². The van der Waals surface area contributed by atoms with E-state index in [-0.39, 0.29) is 0 Å². The van der Waals surface area contributed by atoms with E-state index in [4.69, 9.17) is 17.0 Å². The van der Waals surface area contributed by atoms with Gasteiger partial charge in [0.15, 0.2) is 0 Å². The molecule has 0 amide bonds. The third kappa shape index (κ3) is 12.1. The van der Waals surface area contributed by atoms with Gasteiger partial charge in [-0.1, -0.05) is 188 Å². The molecular weight excluding hydrogens is 1080 g/mol. The maximum atomic E-state index is 4.93. The number of hydrogen-bond donors (Lipinski definition) is 0. The second-order valence-corrected chi connectivity index (χ2v) is 31.7. The van der Waals surface area contributed by atoms with Crippen LogP contribution in [-0.2, 0) is 33.7 Å². The van der Waals surface area contributed by atoms with Crippen LogP contribution in [0.4, 0.5) is 0 Å². The summed E-state index contributed by atoms with van der Waals surface area (Å²) in [5.41, 5.74) is 26.0. The number of rotatable bonds is 8. The summed E-state index contributed by atoms with van der Waals surface area (Å²) in [6.07, 6.45) is 20.6. The molecule has 0 unspecified atom stereocenters. The minimum atomic E-state index is -0.826. The molecule has 8 aromatic rings. The zero-order chi connectivity index (χ0) is 54.6. The Morgan fingerprint density at radius 2 is 0.603 bits per heavy atom. The molecule has 0 heterocycles. The van der Waals surface area contributed by atoms with Crippen molar-refractivity contribution in [3.63, 3.8) is 0 Å². The van der Waals surface area contributed by atoms with Crippen molar-refractivity contribution in [3.8, 4) is 44.5 Å². The van der Waals surface area contributed by atoms with Crippen LogP contribution in [0.2, 0.25) is 13.1 Å². The topological polar surface area (TPSA) is 0 Å². The second kappa shape index (κ2) is 23.2. The Hall–Kier alpha value is -3.78. The van der Waals surface area contributed by atoms with Gasteiger partial charge >= 0.3 is 37.9 Å². The Bertz CT molecular complexity index is 2910. The molecule has 0 aliphatic heterocycles. The molecule has 0 nitrogen and oxygen atoms in total. The standard InChI is InChI=1S/2C36H39.C2H6Si.2ClH.Zr/c2*1-22-7-23(2)10-30(9-22)32-5-6-33(31-11-24(3)8-25(4)12-31)35-17-29(16-34(32)35)21-36-18-26-13-27(19-36)15-28(14-26)20-36;1-3-2;;;/h2*5-12,16-17,26-28H,13-15,18-21H2,1-4H3;1-2H3;2*1H;/q2*-1;;;;+4/p-2. The van der Waals surface area contributed by atoms with Crippen molar-refractivity contribution in [1.29, 1.82) is 0 Å². The van der Waals surface area contributed by atoms with Gasteiger partial charge in [-0.3, -0.25) is 0 Å². The third-order valence-corrected chi connectivity index (χ3v) is 19.5. The van der Waals surface area contributed by atoms with Crippen molar-refractivity contribution in [1.82, 2.24) is 0 Å². The fraction of sp³-hybridized carbons (Fsp3) is 0.432. The van der Waals surface area contributed by atoms with E-state index in [9.17, 15) is 0 Å². The summed E-state index contributed by atoms with van der Waals surface area (Å²) in [7, 11) is 11.0. The summed E-state index contributed by atoms with van der Waals surface area (Å²) in [5, 5.41) is 5.76. The van der Waals surface area contributed by atoms with E-state index in [0.717, 1.165) is 45.0 Å². The third-order valence-electron chi connectivity index (χ3n) is 19.5. The molecule has 0 aromatic heterocycles. The van der Waals surface area contributed by atoms with E-state index < -0.39 is 20.8 Å². The molecule has 16 rings (SSSR count). The fourth-order valence-electron chi connectivity index (χ4n) is 18.3. The maximum absolute atomic E-state index is 4.93. The van der Waals surface area contributed by atoms with Crippen LogP contribution in [0.1, 0.15) is 133 Å². The first-order chi connectivity index (χ1) is 37.5. The van der Waals surface area contributed by atoms with Crippen LogP contribution in [0.5, 0.6) is 0 Å². The summed E-state index contributed by atoms with van der Waals surface area (Å²) in [5.74, 6) is 6.07. The summed E-state index contributed by atoms with van der Waals surface area (Å²) in [6.45, 7) is 22.1. The van der Waals surface area contributed by atoms with Gasteiger partial charge in [0.05, 0.1) is 0 Å². The molecule has 8 saturated carbocycles. The number of hydrogen-bond acceptors (Lipinski definition) is 0. The van der Waals surface area contributed by atoms with Gasteiger partial charge in [-0.15, -0.1) is 44.8 Å². The Balaban J connectivity index is 0.000000151. The van der Waals surface area contributed by atoms with Crippen LogP contribution < -0.4 is 0 Å². The summed E-state index contributed by atoms with van der Waals surface area (Å²) >= 11 is -0.826. The van der Waals surface area contributed by atoms with Crippen molar-refractivity contribution in [2.75, 3.05) is 0 Å². The SMILES string of the molecule is C[Si]C.Cc1cc(C)cc(-c2ccc(-c3cc(C)cc(C)c3)c3[cH-]c(CC45CC6CC(CC(C6)C4)C5)cc23)c1.Cc1cc(C)cc(-c2ccc(-c3cc(C)cc(C)c3)c3[cH-]c(CC45CC6CC(CC(C6)C4)C5)cc23)c1.[Cl][Zr+2][Cl]. The zero-order valence-electron chi connectivity index (χ0n) is 48.7. The Kier molecular flexibility index (Phi) is 16.7. The molecule has 8 bridgehead atoms. The molecule has 8 aliphatic rings. The molecule has 0 spiro atoms. The molecule has 8 fully saturated rings. The van der Waals surface area contributed by atoms with Crippen LogP contribution in [0, 0.1) is 102 Å². The normalized spacial score (nSPS) is 25.0. The van der Waals surface area contributed by atoms with Gasteiger partial charge in [-0.25, -0.2) is 0 Å². The van der Waals surface area contributed by atoms with Gasteiger partial charge in [-0.05, 0) is 203 Å². The molecule has 0 saturated heterocycles. The fourth-order valence-corrected chi connectivity index (χ4v) is 18.3. The quantitative estimate of drug-likeness (QED) is 0.105. The summed E-state index contributed by atoms with van der Waals surface area (Å²) in [4.78, 5) is 0. The average Bonchev–Trinajstić information content (AvgIpc) is 3.97. The van der Waals surface area contributed by atoms with E-state index in [0.29, 0.717) is 10.8 Å². The average molecular weight is 1160 g/mol. The Morgan fingerprint density at radius 1 is 0.385 bits per heavy atom. The van der Waals surface area contributed by atoms with Crippen LogP contribution >= 0.6 is 17.0 Å². The molecule has 2 radical (unpaired) electrons. The summed E-state index contributed by atoms with van der Waals surface area (Å²) < 4.78 is 0. The molecule has 0 atom stereocenters. The number of fused-ring (bicyclic) bond motifs is 2. The second-order valence-electron chi connectivity index (χ2n) is 27.0. The Morgan fingerprint density at radius 3 is 0.846 bits per heavy atom. The number of benzene rings is 6. The number of aryl methyl sites for hydroxylation is 8. The van der Waals surface area contributed by atoms with Crippen molar-refractivity contribution in [2.24, 2.45) is 46.3 Å². The molecule has 8 aromatic carbocycles. The van der Waals surface area contributed by atoms with Crippen LogP contribution in [-0.4, -0.2) is 9.52 Å². The van der Waals surface area contributed by atoms with Crippen LogP contribution in [0.3, 0.4) is 0 Å². The summed E-state index contributed by atoms with van der Waals surface area (Å²) in [6, 6.07) is 47.9. The molecule has 78 heavy (non-hydrogen) atoms. The first kappa shape index (κ1) is 56.1. The molecular formula is C74H84Cl2SiZr. The van der Waals surface area contributed by atoms with Crippen molar-refractivity contribution < 1.29 is 20.8 Å². The van der Waals surface area contributed by atoms with Gasteiger partial charge in [0, 0.05) is 9.52 Å². The molecule has 402 valence electrons. The first-order valence-electron chi connectivity index (χ1n) is 29.8. The monoisotopic (exact) mass is 1160 g/mol. The number of halogens is 2. The van der Waals surface area contributed by atoms with Crippen LogP contribution in [0.25, 0.3) is 66.1 Å². The van der Waals surface area contributed by atoms with Gasteiger partial charge < -0.3 is 0 Å². The molecule has 4 heteroatoms. The zero-order valence-corrected chi connectivity index (χ0v) is 53.6. The molecule has 0 N–H and O–H groups in total. The van der Waals surface area contributed by atoms with Crippen LogP contribution in [0.15, 0.2) is 121 Å². The predicted octanol–water partition coefficient (Wildman–Crippen LogP) is 21.9. The van der Waals surface area contributed by atoms with Crippen molar-refractivity contribution in [2.45, 2.75) is 158 Å². The van der Waals surface area contributed by atoms with Crippen molar-refractivity contribution >= 4 is 48.1 Å². The van der Waals surface area contributed by atoms with Gasteiger partial charge in [0.1, 0.15) is 0 Å². The van der Waals surface area contributed by atoms with E-state index >= 15 is 0 Å². The van der Waals surface area contributed by atoms with E-state index in [1.807, 2.05) is 0 Å². The van der Waals surface area contributed by atoms with Gasteiger partial charge in [-0.2, -0.15) is 12.1 Å². The first-order valence-corrected chi connectivity index (χ1v) is 38.2. The molecule has 8 aliphatic carbocycles. The van der Waals surface area contributed by atoms with E-state index in [1.54, 1.807) is 11.1 Å². The predicted molar refractivity (Wildman–Crippen MR) is 337 cm³/mol. The van der Waals surface area contributed by atoms with E-state index in [2.05, 4.69) is 190 Å². The van der Waals surface area contributed by atoms with Gasteiger partial charge in [0.2, 0.25) is 0 Å².